The van der Waals surface area contributed by atoms with Gasteiger partial charge in [-0.3, -0.25) is 38.5 Å². The molecule has 0 saturated carbocycles. The number of carboxylic acids is 6. The number of nitrogens with zero attached hydrogens (tertiary/aromatic N) is 3. The lowest BCUT2D eigenvalue weighted by molar-refractivity contribution is -0.143. The van der Waals surface area contributed by atoms with Gasteiger partial charge in [0, 0.05) is 48.2 Å². The molecular weight excluding hydrogens is 930 g/mol. The maximum absolute atomic E-state index is 13.7. The van der Waals surface area contributed by atoms with Gasteiger partial charge in [0.25, 0.3) is 11.8 Å². The van der Waals surface area contributed by atoms with E-state index in [1.807, 2.05) is 5.32 Å². The Morgan fingerprint density at radius 1 is 0.586 bits per heavy atom. The summed E-state index contributed by atoms with van der Waals surface area (Å²) in [7, 11) is 0. The van der Waals surface area contributed by atoms with Crippen molar-refractivity contribution in [2.24, 2.45) is 0 Å². The number of nitrogens with one attached hydrogen (secondary N) is 6. The summed E-state index contributed by atoms with van der Waals surface area (Å²) < 4.78 is 14.2. The zero-order valence-electron chi connectivity index (χ0n) is 36.8. The molecule has 0 aliphatic heterocycles. The first kappa shape index (κ1) is 53.8. The van der Waals surface area contributed by atoms with Crippen molar-refractivity contribution in [3.8, 4) is 5.69 Å². The number of anilines is 2. The smallest absolute Gasteiger partial charge is 0.326 e. The SMILES string of the molecule is O=C(O)CC[C@H](NCC(=O)NC(Cc1ccc(NC(=O)c2cc(C(=O)Nc3ccc(C[C@H](NC(=O)N[C@@H](CCC(=O)O)C(=O)O)C(=O)O)cc3)cc(-n3cc(CCCF)nn3)c2)cc1)C(=O)O)C(=O)O. The normalized spacial score (nSPS) is 12.5. The topological polar surface area (TPSA) is 395 Å². The quantitative estimate of drug-likeness (QED) is 0.0382. The number of aliphatic carboxylic acids is 6. The van der Waals surface area contributed by atoms with Crippen LogP contribution < -0.4 is 31.9 Å². The van der Waals surface area contributed by atoms with Gasteiger partial charge in [-0.15, -0.1) is 5.10 Å². The standard InChI is InChI=1S/C44H48FN9O16/c45-15-1-2-29-22-54(53-52-29)30-19-25(38(60)47-27-7-3-23(4-8-27)16-33(42(66)67)49-35(55)21-46-31(40(62)63)11-13-36(56)57)18-26(20-30)39(61)48-28-9-5-24(6-10-28)17-34(43(68)69)51-44(70)50-32(41(64)65)12-14-37(58)59/h3-10,18-20,22,31-34,46H,1-2,11-17,21H2,(H,47,60)(H,48,61)(H,49,55)(H,56,57)(H,58,59)(H,62,63)(H,64,65)(H,66,67)(H,68,69)(H2,50,51,70)/t31-,32-,33?,34-/m0/s1. The van der Waals surface area contributed by atoms with Gasteiger partial charge in [0.1, 0.15) is 24.2 Å². The van der Waals surface area contributed by atoms with E-state index in [2.05, 4.69) is 36.9 Å². The Morgan fingerprint density at radius 2 is 1.04 bits per heavy atom. The minimum atomic E-state index is -1.60. The number of carbonyl (C=O) groups is 10. The van der Waals surface area contributed by atoms with Gasteiger partial charge in [-0.1, -0.05) is 29.5 Å². The second-order valence-corrected chi connectivity index (χ2v) is 15.4. The zero-order chi connectivity index (χ0) is 51.5. The highest BCUT2D eigenvalue weighted by Crippen LogP contribution is 2.20. The van der Waals surface area contributed by atoms with Crippen molar-refractivity contribution in [3.05, 3.63) is 101 Å². The van der Waals surface area contributed by atoms with Crippen molar-refractivity contribution in [2.75, 3.05) is 23.9 Å². The lowest BCUT2D eigenvalue weighted by Crippen LogP contribution is -2.51. The van der Waals surface area contributed by atoms with E-state index in [0.29, 0.717) is 16.8 Å². The fraction of sp³-hybridized carbons (Fsp3) is 0.318. The van der Waals surface area contributed by atoms with Crippen LogP contribution in [0, 0.1) is 0 Å². The number of carbonyl (C=O) groups excluding carboxylic acids is 4. The third-order valence-electron chi connectivity index (χ3n) is 10.1. The Labute approximate surface area is 395 Å². The van der Waals surface area contributed by atoms with E-state index in [1.54, 1.807) is 0 Å². The summed E-state index contributed by atoms with van der Waals surface area (Å²) in [6.07, 6.45) is -0.385. The highest BCUT2D eigenvalue weighted by molar-refractivity contribution is 6.09. The van der Waals surface area contributed by atoms with Gasteiger partial charge >= 0.3 is 41.8 Å². The van der Waals surface area contributed by atoms with E-state index in [1.165, 1.54) is 77.6 Å². The number of benzene rings is 3. The van der Waals surface area contributed by atoms with E-state index in [4.69, 9.17) is 10.2 Å². The second kappa shape index (κ2) is 25.9. The Morgan fingerprint density at radius 3 is 1.50 bits per heavy atom. The van der Waals surface area contributed by atoms with Crippen LogP contribution in [0.2, 0.25) is 0 Å². The van der Waals surface area contributed by atoms with Crippen LogP contribution in [0.25, 0.3) is 5.69 Å². The van der Waals surface area contributed by atoms with E-state index in [-0.39, 0.29) is 60.3 Å². The van der Waals surface area contributed by atoms with Crippen LogP contribution in [0.4, 0.5) is 20.6 Å². The number of hydrogen-bond acceptors (Lipinski definition) is 13. The lowest BCUT2D eigenvalue weighted by atomic mass is 10.0. The summed E-state index contributed by atoms with van der Waals surface area (Å²) >= 11 is 0. The van der Waals surface area contributed by atoms with Crippen LogP contribution in [-0.2, 0) is 52.8 Å². The molecule has 0 fully saturated rings. The molecule has 4 rings (SSSR count). The van der Waals surface area contributed by atoms with E-state index in [9.17, 15) is 72.8 Å². The molecule has 0 saturated heterocycles. The largest absolute Gasteiger partial charge is 0.481 e. The Balaban J connectivity index is 1.46. The first-order chi connectivity index (χ1) is 33.2. The van der Waals surface area contributed by atoms with Gasteiger partial charge in [0.2, 0.25) is 5.91 Å². The summed E-state index contributed by atoms with van der Waals surface area (Å²) in [5.41, 5.74) is 1.82. The van der Waals surface area contributed by atoms with Crippen LogP contribution >= 0.6 is 0 Å². The predicted octanol–water partition coefficient (Wildman–Crippen LogP) is 1.31. The number of carboxylic acid groups (broad SMARTS) is 6. The molecule has 0 aliphatic rings. The Hall–Kier alpha value is -8.81. The molecule has 372 valence electrons. The molecule has 3 aromatic carbocycles. The van der Waals surface area contributed by atoms with Gasteiger partial charge in [-0.05, 0) is 79.3 Å². The van der Waals surface area contributed by atoms with Gasteiger partial charge < -0.3 is 57.2 Å². The van der Waals surface area contributed by atoms with Crippen LogP contribution in [0.3, 0.4) is 0 Å². The molecule has 0 bridgehead atoms. The summed E-state index contributed by atoms with van der Waals surface area (Å²) in [6.45, 7) is -1.21. The number of urea groups is 1. The minimum absolute atomic E-state index is 0.0361. The average Bonchev–Trinajstić information content (AvgIpc) is 3.79. The van der Waals surface area contributed by atoms with Gasteiger partial charge in [-0.2, -0.15) is 0 Å². The number of aryl methyl sites for hydroxylation is 1. The molecule has 25 nitrogen and oxygen atoms in total. The van der Waals surface area contributed by atoms with Crippen molar-refractivity contribution in [1.82, 2.24) is 36.3 Å². The first-order valence-electron chi connectivity index (χ1n) is 21.1. The third-order valence-corrected chi connectivity index (χ3v) is 10.1. The molecule has 5 amide bonds. The maximum atomic E-state index is 13.7. The summed E-state index contributed by atoms with van der Waals surface area (Å²) in [6, 6.07) is 8.62. The van der Waals surface area contributed by atoms with Crippen LogP contribution in [0.5, 0.6) is 0 Å². The molecule has 1 heterocycles. The summed E-state index contributed by atoms with van der Waals surface area (Å²) in [5.74, 6) is -10.6. The molecule has 26 heteroatoms. The average molecular weight is 978 g/mol. The highest BCUT2D eigenvalue weighted by Gasteiger charge is 2.27. The molecule has 1 aromatic heterocycles. The Bertz CT molecular complexity index is 2570. The van der Waals surface area contributed by atoms with E-state index in [0.717, 1.165) is 0 Å². The number of hydrogen-bond donors (Lipinski definition) is 12. The number of alkyl halides is 1. The predicted molar refractivity (Wildman–Crippen MR) is 239 cm³/mol. The highest BCUT2D eigenvalue weighted by atomic mass is 19.1. The number of amides is 5. The van der Waals surface area contributed by atoms with Crippen LogP contribution in [-0.4, -0.2) is 143 Å². The molecule has 0 spiro atoms. The zero-order valence-corrected chi connectivity index (χ0v) is 36.8. The minimum Gasteiger partial charge on any atom is -0.481 e. The number of aromatic nitrogens is 3. The van der Waals surface area contributed by atoms with E-state index >= 15 is 0 Å². The summed E-state index contributed by atoms with van der Waals surface area (Å²) in [4.78, 5) is 121. The third kappa shape index (κ3) is 17.4. The molecule has 0 radical (unpaired) electrons. The monoisotopic (exact) mass is 977 g/mol. The van der Waals surface area contributed by atoms with E-state index < -0.39 is 116 Å². The Kier molecular flexibility index (Phi) is 19.9. The van der Waals surface area contributed by atoms with Crippen molar-refractivity contribution >= 4 is 70.9 Å². The lowest BCUT2D eigenvalue weighted by Gasteiger charge is -2.18. The fourth-order valence-corrected chi connectivity index (χ4v) is 6.44. The molecule has 1 unspecified atom stereocenters. The molecule has 70 heavy (non-hydrogen) atoms. The number of halogens is 1. The molecule has 0 aliphatic carbocycles. The van der Waals surface area contributed by atoms with Crippen molar-refractivity contribution < 1.29 is 83.0 Å². The second-order valence-electron chi connectivity index (χ2n) is 15.4. The maximum Gasteiger partial charge on any atom is 0.326 e. The van der Waals surface area contributed by atoms with Gasteiger partial charge in [0.05, 0.1) is 30.8 Å². The fourth-order valence-electron chi connectivity index (χ4n) is 6.44. The van der Waals surface area contributed by atoms with Crippen LogP contribution in [0.15, 0.2) is 72.9 Å². The van der Waals surface area contributed by atoms with Gasteiger partial charge in [0.15, 0.2) is 0 Å². The number of rotatable bonds is 28. The van der Waals surface area contributed by atoms with Gasteiger partial charge in [-0.25, -0.2) is 23.9 Å². The van der Waals surface area contributed by atoms with Crippen molar-refractivity contribution in [2.45, 2.75) is 75.5 Å². The van der Waals surface area contributed by atoms with Crippen LogP contribution in [0.1, 0.15) is 69.6 Å². The van der Waals surface area contributed by atoms with Crippen molar-refractivity contribution in [3.63, 3.8) is 0 Å². The van der Waals surface area contributed by atoms with Crippen molar-refractivity contribution in [1.29, 1.82) is 0 Å². The molecular formula is C44H48FN9O16. The molecule has 4 atom stereocenters. The molecule has 4 aromatic rings. The summed E-state index contributed by atoms with van der Waals surface area (Å²) in [5, 5.41) is 78.1. The molecule has 12 N–H and O–H groups in total. The first-order valence-corrected chi connectivity index (χ1v) is 21.1.